The summed E-state index contributed by atoms with van der Waals surface area (Å²) in [6.45, 7) is 5.80. The molecule has 0 spiro atoms. The molecule has 0 N–H and O–H groups in total. The predicted octanol–water partition coefficient (Wildman–Crippen LogP) is 1.10. The van der Waals surface area contributed by atoms with Crippen LogP contribution in [0.4, 0.5) is 0 Å². The zero-order chi connectivity index (χ0) is 7.44. The Morgan fingerprint density at radius 2 is 2.00 bits per heavy atom. The molecule has 0 bridgehead atoms. The van der Waals surface area contributed by atoms with Crippen LogP contribution in [0.2, 0.25) is 0 Å². The summed E-state index contributed by atoms with van der Waals surface area (Å²) in [5.41, 5.74) is 0.998. The van der Waals surface area contributed by atoms with Gasteiger partial charge in [-0.05, 0) is 6.92 Å². The summed E-state index contributed by atoms with van der Waals surface area (Å²) in [6, 6.07) is 0. The van der Waals surface area contributed by atoms with E-state index in [9.17, 15) is 0 Å². The van der Waals surface area contributed by atoms with Crippen LogP contribution in [0.25, 0.3) is 0 Å². The number of hydrogen-bond acceptors (Lipinski definition) is 2. The number of methoxy groups -OCH3 is 1. The molecule has 0 saturated carbocycles. The van der Waals surface area contributed by atoms with Crippen LogP contribution in [0.3, 0.4) is 0 Å². The highest BCUT2D eigenvalue weighted by Gasteiger charge is 2.04. The highest BCUT2D eigenvalue weighted by molar-refractivity contribution is 4.96. The van der Waals surface area contributed by atoms with Crippen LogP contribution >= 0.6 is 0 Å². The minimum atomic E-state index is 0.125. The Balaban J connectivity index is 3.73. The molecule has 0 amide bonds. The Labute approximate surface area is 57.1 Å². The molecule has 0 saturated heterocycles. The molecular formula is C7H15NO. The van der Waals surface area contributed by atoms with Gasteiger partial charge in [-0.3, -0.25) is 0 Å². The van der Waals surface area contributed by atoms with E-state index in [0.29, 0.717) is 0 Å². The first-order chi connectivity index (χ1) is 4.09. The van der Waals surface area contributed by atoms with Gasteiger partial charge >= 0.3 is 0 Å². The Bertz CT molecular complexity index is 99.1. The fourth-order valence-corrected chi connectivity index (χ4v) is 0.500. The van der Waals surface area contributed by atoms with E-state index in [2.05, 4.69) is 6.58 Å². The lowest BCUT2D eigenvalue weighted by molar-refractivity contribution is 0.126. The largest absolute Gasteiger partial charge is 0.379 e. The van der Waals surface area contributed by atoms with Crippen LogP contribution in [0.5, 0.6) is 0 Å². The van der Waals surface area contributed by atoms with Gasteiger partial charge in [-0.25, -0.2) is 0 Å². The molecule has 0 aromatic carbocycles. The number of nitrogens with zero attached hydrogens (tertiary/aromatic N) is 1. The van der Waals surface area contributed by atoms with Crippen molar-refractivity contribution in [1.82, 2.24) is 4.90 Å². The van der Waals surface area contributed by atoms with E-state index in [-0.39, 0.29) is 6.10 Å². The van der Waals surface area contributed by atoms with Crippen molar-refractivity contribution >= 4 is 0 Å². The average Bonchev–Trinajstić information content (AvgIpc) is 1.84. The van der Waals surface area contributed by atoms with Gasteiger partial charge in [0.1, 0.15) is 0 Å². The molecule has 0 fully saturated rings. The Morgan fingerprint density at radius 3 is 2.11 bits per heavy atom. The summed E-state index contributed by atoms with van der Waals surface area (Å²) in [4.78, 5) is 1.95. The van der Waals surface area contributed by atoms with Crippen LogP contribution < -0.4 is 0 Å². The van der Waals surface area contributed by atoms with Gasteiger partial charge in [0.25, 0.3) is 0 Å². The van der Waals surface area contributed by atoms with Crippen LogP contribution in [0.1, 0.15) is 6.92 Å². The van der Waals surface area contributed by atoms with E-state index in [1.54, 1.807) is 7.11 Å². The Hall–Kier alpha value is -0.500. The van der Waals surface area contributed by atoms with Gasteiger partial charge in [0.15, 0.2) is 0 Å². The van der Waals surface area contributed by atoms with Crippen molar-refractivity contribution in [2.75, 3.05) is 21.2 Å². The molecule has 0 aromatic heterocycles. The quantitative estimate of drug-likeness (QED) is 0.565. The maximum atomic E-state index is 5.03. The number of likely N-dealkylation sites (N-methyl/N-ethyl adjacent to an activating group) is 1. The SMILES string of the molecule is C=C(C(C)OC)N(C)C. The van der Waals surface area contributed by atoms with Crippen molar-refractivity contribution in [3.05, 3.63) is 12.3 Å². The van der Waals surface area contributed by atoms with Crippen LogP contribution in [0.15, 0.2) is 12.3 Å². The molecule has 0 radical (unpaired) electrons. The van der Waals surface area contributed by atoms with Crippen molar-refractivity contribution in [2.45, 2.75) is 13.0 Å². The summed E-state index contributed by atoms with van der Waals surface area (Å²) in [5.74, 6) is 0. The summed E-state index contributed by atoms with van der Waals surface area (Å²) >= 11 is 0. The standard InChI is InChI=1S/C7H15NO/c1-6(8(3)4)7(2)9-5/h7H,1H2,2-5H3. The van der Waals surface area contributed by atoms with Crippen molar-refractivity contribution in [3.8, 4) is 0 Å². The van der Waals surface area contributed by atoms with Gasteiger partial charge in [0.2, 0.25) is 0 Å². The molecule has 2 heteroatoms. The second kappa shape index (κ2) is 3.51. The molecule has 54 valence electrons. The third-order valence-corrected chi connectivity index (χ3v) is 1.40. The van der Waals surface area contributed by atoms with Gasteiger partial charge in [0.05, 0.1) is 6.10 Å². The Morgan fingerprint density at radius 1 is 1.56 bits per heavy atom. The zero-order valence-corrected chi connectivity index (χ0v) is 6.64. The number of hydrogen-bond donors (Lipinski definition) is 0. The van der Waals surface area contributed by atoms with Gasteiger partial charge in [-0.1, -0.05) is 6.58 Å². The topological polar surface area (TPSA) is 12.5 Å². The van der Waals surface area contributed by atoms with E-state index in [1.165, 1.54) is 0 Å². The second-order valence-corrected chi connectivity index (χ2v) is 2.26. The first-order valence-electron chi connectivity index (χ1n) is 2.98. The van der Waals surface area contributed by atoms with E-state index < -0.39 is 0 Å². The number of rotatable bonds is 3. The number of ether oxygens (including phenoxy) is 1. The monoisotopic (exact) mass is 129 g/mol. The van der Waals surface area contributed by atoms with Crippen molar-refractivity contribution in [3.63, 3.8) is 0 Å². The lowest BCUT2D eigenvalue weighted by Crippen LogP contribution is -2.21. The fourth-order valence-electron chi connectivity index (χ4n) is 0.500. The van der Waals surface area contributed by atoms with Crippen molar-refractivity contribution < 1.29 is 4.74 Å². The lowest BCUT2D eigenvalue weighted by Gasteiger charge is -2.20. The van der Waals surface area contributed by atoms with Gasteiger partial charge < -0.3 is 9.64 Å². The van der Waals surface area contributed by atoms with E-state index >= 15 is 0 Å². The molecule has 9 heavy (non-hydrogen) atoms. The Kier molecular flexibility index (Phi) is 3.32. The molecule has 0 rings (SSSR count). The van der Waals surface area contributed by atoms with E-state index in [4.69, 9.17) is 4.74 Å². The molecule has 0 aliphatic rings. The molecule has 1 atom stereocenters. The summed E-state index contributed by atoms with van der Waals surface area (Å²) < 4.78 is 5.03. The first-order valence-corrected chi connectivity index (χ1v) is 2.98. The lowest BCUT2D eigenvalue weighted by atomic mass is 10.3. The molecule has 0 aromatic rings. The molecule has 0 aliphatic heterocycles. The molecule has 2 nitrogen and oxygen atoms in total. The van der Waals surface area contributed by atoms with Crippen LogP contribution in [-0.4, -0.2) is 32.2 Å². The third kappa shape index (κ3) is 2.51. The molecule has 0 aliphatic carbocycles. The fraction of sp³-hybridized carbons (Fsp3) is 0.714. The summed E-state index contributed by atoms with van der Waals surface area (Å²) in [7, 11) is 5.59. The van der Waals surface area contributed by atoms with Gasteiger partial charge in [-0.15, -0.1) is 0 Å². The molecular weight excluding hydrogens is 114 g/mol. The first kappa shape index (κ1) is 8.50. The smallest absolute Gasteiger partial charge is 0.0933 e. The summed E-state index contributed by atoms with van der Waals surface area (Å²) in [6.07, 6.45) is 0.125. The minimum absolute atomic E-state index is 0.125. The van der Waals surface area contributed by atoms with E-state index in [0.717, 1.165) is 5.70 Å². The van der Waals surface area contributed by atoms with Crippen LogP contribution in [-0.2, 0) is 4.74 Å². The van der Waals surface area contributed by atoms with Gasteiger partial charge in [-0.2, -0.15) is 0 Å². The zero-order valence-electron chi connectivity index (χ0n) is 6.64. The van der Waals surface area contributed by atoms with Gasteiger partial charge in [0, 0.05) is 26.9 Å². The highest BCUT2D eigenvalue weighted by atomic mass is 16.5. The second-order valence-electron chi connectivity index (χ2n) is 2.26. The predicted molar refractivity (Wildman–Crippen MR) is 39.3 cm³/mol. The highest BCUT2D eigenvalue weighted by Crippen LogP contribution is 2.03. The minimum Gasteiger partial charge on any atom is -0.379 e. The normalized spacial score (nSPS) is 12.9. The maximum Gasteiger partial charge on any atom is 0.0933 e. The third-order valence-electron chi connectivity index (χ3n) is 1.40. The molecule has 1 unspecified atom stereocenters. The van der Waals surface area contributed by atoms with Crippen molar-refractivity contribution in [1.29, 1.82) is 0 Å². The average molecular weight is 129 g/mol. The summed E-state index contributed by atoms with van der Waals surface area (Å²) in [5, 5.41) is 0. The van der Waals surface area contributed by atoms with Crippen molar-refractivity contribution in [2.24, 2.45) is 0 Å². The molecule has 0 heterocycles. The van der Waals surface area contributed by atoms with Crippen LogP contribution in [0, 0.1) is 0 Å². The van der Waals surface area contributed by atoms with E-state index in [1.807, 2.05) is 25.9 Å². The maximum absolute atomic E-state index is 5.03.